The summed E-state index contributed by atoms with van der Waals surface area (Å²) in [7, 11) is 5.09. The van der Waals surface area contributed by atoms with E-state index in [2.05, 4.69) is 21.2 Å². The molecule has 6 nitrogen and oxygen atoms in total. The minimum absolute atomic E-state index is 0.0137. The molecule has 0 aliphatic carbocycles. The van der Waals surface area contributed by atoms with Crippen LogP contribution in [0.15, 0.2) is 28.7 Å². The summed E-state index contributed by atoms with van der Waals surface area (Å²) in [5, 5.41) is 3.75. The molecule has 0 fully saturated rings. The molecule has 1 N–H and O–H groups in total. The lowest BCUT2D eigenvalue weighted by Crippen LogP contribution is -2.39. The van der Waals surface area contributed by atoms with E-state index in [0.717, 1.165) is 21.8 Å². The third-order valence-electron chi connectivity index (χ3n) is 3.82. The van der Waals surface area contributed by atoms with Crippen LogP contribution in [0.5, 0.6) is 0 Å². The van der Waals surface area contributed by atoms with Crippen LogP contribution < -0.4 is 5.32 Å². The summed E-state index contributed by atoms with van der Waals surface area (Å²) in [4.78, 5) is 26.1. The quantitative estimate of drug-likeness (QED) is 0.730. The molecule has 24 heavy (non-hydrogen) atoms. The van der Waals surface area contributed by atoms with Gasteiger partial charge in [0.2, 0.25) is 5.91 Å². The molecule has 0 spiro atoms. The van der Waals surface area contributed by atoms with Crippen molar-refractivity contribution in [1.29, 1.82) is 0 Å². The van der Waals surface area contributed by atoms with Crippen LogP contribution in [0.4, 0.5) is 0 Å². The maximum Gasteiger partial charge on any atom is 0.271 e. The number of methoxy groups -OCH3 is 1. The van der Waals surface area contributed by atoms with Gasteiger partial charge >= 0.3 is 0 Å². The Hall–Kier alpha value is -1.86. The number of fused-ring (bicyclic) bond motifs is 1. The van der Waals surface area contributed by atoms with Crippen molar-refractivity contribution in [2.75, 3.05) is 33.9 Å². The van der Waals surface area contributed by atoms with Gasteiger partial charge in [0.05, 0.1) is 11.0 Å². The Morgan fingerprint density at radius 2 is 2.04 bits per heavy atom. The predicted octanol–water partition coefficient (Wildman–Crippen LogP) is 2.17. The fourth-order valence-corrected chi connectivity index (χ4v) is 3.32. The van der Waals surface area contributed by atoms with Gasteiger partial charge < -0.3 is 19.5 Å². The molecule has 2 aromatic rings. The molecule has 1 aromatic heterocycles. The van der Waals surface area contributed by atoms with Crippen molar-refractivity contribution in [3.63, 3.8) is 0 Å². The molecule has 7 heteroatoms. The maximum absolute atomic E-state index is 12.7. The second kappa shape index (κ2) is 8.30. The number of likely N-dealkylation sites (N-methyl/N-ethyl adjacent to an activating group) is 1. The second-order valence-electron chi connectivity index (χ2n) is 5.60. The monoisotopic (exact) mass is 395 g/mol. The van der Waals surface area contributed by atoms with E-state index in [1.807, 2.05) is 35.9 Å². The zero-order valence-corrected chi connectivity index (χ0v) is 15.7. The number of amides is 2. The predicted molar refractivity (Wildman–Crippen MR) is 97.1 cm³/mol. The molecule has 130 valence electrons. The molecule has 0 atom stereocenters. The summed E-state index contributed by atoms with van der Waals surface area (Å²) < 4.78 is 7.52. The standard InChI is InChI=1S/C17H22BrN3O3/c1-20(11-14(22)19-9-6-10-24-3)17(23)16-15(18)12-7-4-5-8-13(12)21(16)2/h4-5,7-8H,6,9-11H2,1-3H3,(H,19,22). The van der Waals surface area contributed by atoms with Crippen molar-refractivity contribution in [2.45, 2.75) is 6.42 Å². The van der Waals surface area contributed by atoms with Crippen LogP contribution in [0.1, 0.15) is 16.9 Å². The lowest BCUT2D eigenvalue weighted by atomic mass is 10.2. The SMILES string of the molecule is COCCCNC(=O)CN(C)C(=O)c1c(Br)c2ccccc2n1C. The second-order valence-corrected chi connectivity index (χ2v) is 6.39. The number of para-hydroxylation sites is 1. The average Bonchev–Trinajstić information content (AvgIpc) is 2.82. The minimum atomic E-state index is -0.201. The zero-order valence-electron chi connectivity index (χ0n) is 14.1. The first-order valence-electron chi connectivity index (χ1n) is 7.71. The largest absolute Gasteiger partial charge is 0.385 e. The Morgan fingerprint density at radius 3 is 2.71 bits per heavy atom. The maximum atomic E-state index is 12.7. The van der Waals surface area contributed by atoms with Crippen LogP contribution >= 0.6 is 15.9 Å². The number of hydrogen-bond donors (Lipinski definition) is 1. The molecule has 0 aliphatic heterocycles. The topological polar surface area (TPSA) is 63.6 Å². The summed E-state index contributed by atoms with van der Waals surface area (Å²) in [6, 6.07) is 7.77. The third-order valence-corrected chi connectivity index (χ3v) is 4.63. The van der Waals surface area contributed by atoms with Crippen molar-refractivity contribution in [3.05, 3.63) is 34.4 Å². The summed E-state index contributed by atoms with van der Waals surface area (Å²) in [6.45, 7) is 1.14. The van der Waals surface area contributed by atoms with Crippen molar-refractivity contribution >= 4 is 38.6 Å². The first kappa shape index (κ1) is 18.5. The van der Waals surface area contributed by atoms with Gasteiger partial charge in [-0.2, -0.15) is 0 Å². The third kappa shape index (κ3) is 3.96. The fraction of sp³-hybridized carbons (Fsp3) is 0.412. The van der Waals surface area contributed by atoms with Crippen molar-refractivity contribution < 1.29 is 14.3 Å². The molecule has 0 saturated carbocycles. The molecule has 0 aliphatic rings. The van der Waals surface area contributed by atoms with Crippen LogP contribution in [0, 0.1) is 0 Å². The number of halogens is 1. The van der Waals surface area contributed by atoms with Crippen LogP contribution in [0.2, 0.25) is 0 Å². The molecule has 0 bridgehead atoms. The highest BCUT2D eigenvalue weighted by molar-refractivity contribution is 9.10. The molecule has 0 saturated heterocycles. The molecular formula is C17H22BrN3O3. The molecule has 1 aromatic carbocycles. The van der Waals surface area contributed by atoms with Gasteiger partial charge in [0.15, 0.2) is 0 Å². The van der Waals surface area contributed by atoms with Gasteiger partial charge in [-0.1, -0.05) is 18.2 Å². The number of rotatable bonds is 7. The number of ether oxygens (including phenoxy) is 1. The van der Waals surface area contributed by atoms with Gasteiger partial charge in [-0.15, -0.1) is 0 Å². The first-order valence-corrected chi connectivity index (χ1v) is 8.50. The molecule has 1 heterocycles. The van der Waals surface area contributed by atoms with Crippen LogP contribution in [-0.4, -0.2) is 55.1 Å². The minimum Gasteiger partial charge on any atom is -0.385 e. The van der Waals surface area contributed by atoms with Crippen molar-refractivity contribution in [1.82, 2.24) is 14.8 Å². The summed E-state index contributed by atoms with van der Waals surface area (Å²) in [5.41, 5.74) is 1.50. The summed E-state index contributed by atoms with van der Waals surface area (Å²) >= 11 is 3.51. The number of nitrogens with zero attached hydrogens (tertiary/aromatic N) is 2. The summed E-state index contributed by atoms with van der Waals surface area (Å²) in [6.07, 6.45) is 0.745. The number of hydrogen-bond acceptors (Lipinski definition) is 3. The molecule has 0 radical (unpaired) electrons. The van der Waals surface area contributed by atoms with E-state index >= 15 is 0 Å². The highest BCUT2D eigenvalue weighted by Gasteiger charge is 2.23. The van der Waals surface area contributed by atoms with Gasteiger partial charge in [0.25, 0.3) is 5.91 Å². The molecular weight excluding hydrogens is 374 g/mol. The normalized spacial score (nSPS) is 10.8. The van der Waals surface area contributed by atoms with E-state index in [1.54, 1.807) is 14.2 Å². The average molecular weight is 396 g/mol. The Kier molecular flexibility index (Phi) is 6.39. The number of carbonyl (C=O) groups excluding carboxylic acids is 2. The van der Waals surface area contributed by atoms with E-state index in [1.165, 1.54) is 4.90 Å². The number of carbonyl (C=O) groups is 2. The first-order chi connectivity index (χ1) is 11.5. The molecule has 0 unspecified atom stereocenters. The smallest absolute Gasteiger partial charge is 0.271 e. The Balaban J connectivity index is 2.07. The Bertz CT molecular complexity index is 703. The lowest BCUT2D eigenvalue weighted by molar-refractivity contribution is -0.121. The number of benzene rings is 1. The summed E-state index contributed by atoms with van der Waals surface area (Å²) in [5.74, 6) is -0.385. The fourth-order valence-electron chi connectivity index (χ4n) is 2.55. The van der Waals surface area contributed by atoms with Crippen LogP contribution in [-0.2, 0) is 16.6 Å². The van der Waals surface area contributed by atoms with Crippen molar-refractivity contribution in [3.8, 4) is 0 Å². The van der Waals surface area contributed by atoms with Crippen LogP contribution in [0.3, 0.4) is 0 Å². The Morgan fingerprint density at radius 1 is 1.33 bits per heavy atom. The van der Waals surface area contributed by atoms with Gasteiger partial charge in [-0.25, -0.2) is 0 Å². The Labute approximate surface area is 149 Å². The van der Waals surface area contributed by atoms with Gasteiger partial charge in [-0.3, -0.25) is 9.59 Å². The molecule has 2 amide bonds. The van der Waals surface area contributed by atoms with Gasteiger partial charge in [0, 0.05) is 45.3 Å². The van der Waals surface area contributed by atoms with E-state index in [-0.39, 0.29) is 18.4 Å². The van der Waals surface area contributed by atoms with E-state index < -0.39 is 0 Å². The van der Waals surface area contributed by atoms with E-state index in [9.17, 15) is 9.59 Å². The van der Waals surface area contributed by atoms with E-state index in [4.69, 9.17) is 4.74 Å². The van der Waals surface area contributed by atoms with Gasteiger partial charge in [-0.05, 0) is 28.4 Å². The van der Waals surface area contributed by atoms with E-state index in [0.29, 0.717) is 18.8 Å². The van der Waals surface area contributed by atoms with Crippen molar-refractivity contribution in [2.24, 2.45) is 7.05 Å². The number of nitrogens with one attached hydrogen (secondary N) is 1. The lowest BCUT2D eigenvalue weighted by Gasteiger charge is -2.17. The highest BCUT2D eigenvalue weighted by atomic mass is 79.9. The number of aryl methyl sites for hydroxylation is 1. The van der Waals surface area contributed by atoms with Crippen LogP contribution in [0.25, 0.3) is 10.9 Å². The molecule has 2 rings (SSSR count). The number of aromatic nitrogens is 1. The highest BCUT2D eigenvalue weighted by Crippen LogP contribution is 2.30. The zero-order chi connectivity index (χ0) is 17.7. The van der Waals surface area contributed by atoms with Gasteiger partial charge in [0.1, 0.15) is 5.69 Å².